The SMILES string of the molecule is Cc1ccc(NC(=O)CCS(=O)(=O)N(C)C)cc1C. The number of nitrogens with one attached hydrogen (secondary N) is 1. The second kappa shape index (κ2) is 6.16. The van der Waals surface area contributed by atoms with Gasteiger partial charge in [0, 0.05) is 26.2 Å². The second-order valence-corrected chi connectivity index (χ2v) is 7.00. The van der Waals surface area contributed by atoms with Crippen molar-refractivity contribution in [2.75, 3.05) is 25.2 Å². The van der Waals surface area contributed by atoms with E-state index in [-0.39, 0.29) is 18.1 Å². The van der Waals surface area contributed by atoms with E-state index < -0.39 is 10.0 Å². The van der Waals surface area contributed by atoms with E-state index in [0.717, 1.165) is 15.4 Å². The van der Waals surface area contributed by atoms with E-state index in [1.807, 2.05) is 26.0 Å². The van der Waals surface area contributed by atoms with Crippen molar-refractivity contribution in [2.24, 2.45) is 0 Å². The highest BCUT2D eigenvalue weighted by molar-refractivity contribution is 7.89. The number of hydrogen-bond acceptors (Lipinski definition) is 3. The van der Waals surface area contributed by atoms with Gasteiger partial charge in [0.15, 0.2) is 0 Å². The molecule has 0 saturated carbocycles. The standard InChI is InChI=1S/C13H20N2O3S/c1-10-5-6-12(9-11(10)2)14-13(16)7-8-19(17,18)15(3)4/h5-6,9H,7-8H2,1-4H3,(H,14,16). The van der Waals surface area contributed by atoms with Crippen LogP contribution < -0.4 is 5.32 Å². The van der Waals surface area contributed by atoms with E-state index in [1.165, 1.54) is 14.1 Å². The molecule has 0 fully saturated rings. The Kier molecular flexibility index (Phi) is 5.08. The molecule has 1 N–H and O–H groups in total. The zero-order valence-corrected chi connectivity index (χ0v) is 12.5. The molecule has 0 saturated heterocycles. The zero-order valence-electron chi connectivity index (χ0n) is 11.7. The van der Waals surface area contributed by atoms with Crippen LogP contribution in [0, 0.1) is 13.8 Å². The largest absolute Gasteiger partial charge is 0.326 e. The predicted octanol–water partition coefficient (Wildman–Crippen LogP) is 1.52. The van der Waals surface area contributed by atoms with E-state index >= 15 is 0 Å². The van der Waals surface area contributed by atoms with Gasteiger partial charge in [-0.25, -0.2) is 12.7 Å². The van der Waals surface area contributed by atoms with Gasteiger partial charge in [-0.2, -0.15) is 0 Å². The molecule has 1 aromatic rings. The van der Waals surface area contributed by atoms with Crippen LogP contribution in [0.15, 0.2) is 18.2 Å². The van der Waals surface area contributed by atoms with Crippen molar-refractivity contribution in [1.82, 2.24) is 4.31 Å². The number of benzene rings is 1. The van der Waals surface area contributed by atoms with Gasteiger partial charge in [0.1, 0.15) is 0 Å². The molecule has 1 rings (SSSR count). The van der Waals surface area contributed by atoms with Crippen LogP contribution in [0.5, 0.6) is 0 Å². The highest BCUT2D eigenvalue weighted by atomic mass is 32.2. The first-order valence-corrected chi connectivity index (χ1v) is 7.60. The Hall–Kier alpha value is -1.40. The molecule has 0 aliphatic heterocycles. The van der Waals surface area contributed by atoms with Crippen LogP contribution in [-0.2, 0) is 14.8 Å². The first kappa shape index (κ1) is 15.7. The second-order valence-electron chi connectivity index (χ2n) is 4.70. The lowest BCUT2D eigenvalue weighted by molar-refractivity contribution is -0.115. The topological polar surface area (TPSA) is 66.5 Å². The molecule has 0 heterocycles. The number of nitrogens with zero attached hydrogens (tertiary/aromatic N) is 1. The van der Waals surface area contributed by atoms with Crippen molar-refractivity contribution in [3.8, 4) is 0 Å². The van der Waals surface area contributed by atoms with Crippen molar-refractivity contribution in [1.29, 1.82) is 0 Å². The third-order valence-electron chi connectivity index (χ3n) is 2.93. The zero-order chi connectivity index (χ0) is 14.6. The van der Waals surface area contributed by atoms with Crippen molar-refractivity contribution in [2.45, 2.75) is 20.3 Å². The number of hydrogen-bond donors (Lipinski definition) is 1. The minimum absolute atomic E-state index is 0.0482. The van der Waals surface area contributed by atoms with Crippen LogP contribution in [-0.4, -0.2) is 38.5 Å². The van der Waals surface area contributed by atoms with Crippen molar-refractivity contribution >= 4 is 21.6 Å². The lowest BCUT2D eigenvalue weighted by Gasteiger charge is -2.11. The van der Waals surface area contributed by atoms with E-state index in [0.29, 0.717) is 5.69 Å². The summed E-state index contributed by atoms with van der Waals surface area (Å²) in [6.45, 7) is 3.95. The molecule has 0 unspecified atom stereocenters. The number of carbonyl (C=O) groups excluding carboxylic acids is 1. The highest BCUT2D eigenvalue weighted by Gasteiger charge is 2.15. The summed E-state index contributed by atoms with van der Waals surface area (Å²) in [6.07, 6.45) is -0.0482. The van der Waals surface area contributed by atoms with Gasteiger partial charge in [0.05, 0.1) is 5.75 Å². The molecular formula is C13H20N2O3S. The van der Waals surface area contributed by atoms with Gasteiger partial charge < -0.3 is 5.32 Å². The average molecular weight is 284 g/mol. The van der Waals surface area contributed by atoms with Gasteiger partial charge in [-0.05, 0) is 37.1 Å². The molecule has 0 aliphatic rings. The van der Waals surface area contributed by atoms with Gasteiger partial charge in [-0.15, -0.1) is 0 Å². The van der Waals surface area contributed by atoms with Crippen molar-refractivity contribution < 1.29 is 13.2 Å². The third-order valence-corrected chi connectivity index (χ3v) is 4.77. The number of rotatable bonds is 5. The number of aryl methyl sites for hydroxylation is 2. The predicted molar refractivity (Wildman–Crippen MR) is 76.6 cm³/mol. The molecule has 5 nitrogen and oxygen atoms in total. The van der Waals surface area contributed by atoms with Crippen LogP contribution >= 0.6 is 0 Å². The first-order valence-electron chi connectivity index (χ1n) is 5.99. The Morgan fingerprint density at radius 2 is 1.84 bits per heavy atom. The van der Waals surface area contributed by atoms with Gasteiger partial charge in [-0.1, -0.05) is 6.07 Å². The van der Waals surface area contributed by atoms with E-state index in [4.69, 9.17) is 0 Å². The Bertz CT molecular complexity index is 565. The highest BCUT2D eigenvalue weighted by Crippen LogP contribution is 2.14. The molecule has 1 aromatic carbocycles. The van der Waals surface area contributed by atoms with Crippen LogP contribution in [0.25, 0.3) is 0 Å². The lowest BCUT2D eigenvalue weighted by atomic mass is 10.1. The first-order chi connectivity index (χ1) is 8.72. The third kappa shape index (κ3) is 4.65. The van der Waals surface area contributed by atoms with E-state index in [1.54, 1.807) is 6.07 Å². The normalized spacial score (nSPS) is 11.6. The molecule has 0 atom stereocenters. The van der Waals surface area contributed by atoms with E-state index in [2.05, 4.69) is 5.32 Å². The molecule has 0 spiro atoms. The van der Waals surface area contributed by atoms with Gasteiger partial charge in [0.2, 0.25) is 15.9 Å². The van der Waals surface area contributed by atoms with Crippen LogP contribution in [0.4, 0.5) is 5.69 Å². The summed E-state index contributed by atoms with van der Waals surface area (Å²) in [7, 11) is -0.418. The summed E-state index contributed by atoms with van der Waals surface area (Å²) in [6, 6.07) is 5.59. The Morgan fingerprint density at radius 1 is 1.21 bits per heavy atom. The summed E-state index contributed by atoms with van der Waals surface area (Å²) in [5.41, 5.74) is 2.92. The monoisotopic (exact) mass is 284 g/mol. The van der Waals surface area contributed by atoms with Crippen LogP contribution in [0.2, 0.25) is 0 Å². The lowest BCUT2D eigenvalue weighted by Crippen LogP contribution is -2.27. The van der Waals surface area contributed by atoms with Gasteiger partial charge >= 0.3 is 0 Å². The number of carbonyl (C=O) groups is 1. The maximum absolute atomic E-state index is 11.7. The molecule has 0 aliphatic carbocycles. The molecule has 0 radical (unpaired) electrons. The van der Waals surface area contributed by atoms with Crippen LogP contribution in [0.3, 0.4) is 0 Å². The Morgan fingerprint density at radius 3 is 2.37 bits per heavy atom. The molecule has 6 heteroatoms. The fourth-order valence-corrected chi connectivity index (χ4v) is 2.26. The molecular weight excluding hydrogens is 264 g/mol. The maximum Gasteiger partial charge on any atom is 0.225 e. The molecule has 19 heavy (non-hydrogen) atoms. The molecule has 0 aromatic heterocycles. The maximum atomic E-state index is 11.7. The number of amides is 1. The summed E-state index contributed by atoms with van der Waals surface area (Å²) in [4.78, 5) is 11.7. The fraction of sp³-hybridized carbons (Fsp3) is 0.462. The minimum atomic E-state index is -3.33. The average Bonchev–Trinajstić information content (AvgIpc) is 2.31. The van der Waals surface area contributed by atoms with E-state index in [9.17, 15) is 13.2 Å². The summed E-state index contributed by atoms with van der Waals surface area (Å²) < 4.78 is 24.2. The Labute approximate surface area is 114 Å². The molecule has 0 bridgehead atoms. The minimum Gasteiger partial charge on any atom is -0.326 e. The number of anilines is 1. The molecule has 1 amide bonds. The quantitative estimate of drug-likeness (QED) is 0.891. The fourth-order valence-electron chi connectivity index (χ4n) is 1.45. The van der Waals surface area contributed by atoms with Crippen molar-refractivity contribution in [3.63, 3.8) is 0 Å². The smallest absolute Gasteiger partial charge is 0.225 e. The summed E-state index contributed by atoms with van der Waals surface area (Å²) >= 11 is 0. The van der Waals surface area contributed by atoms with Crippen LogP contribution in [0.1, 0.15) is 17.5 Å². The van der Waals surface area contributed by atoms with Gasteiger partial charge in [-0.3, -0.25) is 4.79 Å². The Balaban J connectivity index is 2.59. The number of sulfonamides is 1. The molecule has 106 valence electrons. The van der Waals surface area contributed by atoms with Gasteiger partial charge in [0.25, 0.3) is 0 Å². The summed E-state index contributed by atoms with van der Waals surface area (Å²) in [5.74, 6) is -0.481. The van der Waals surface area contributed by atoms with Crippen molar-refractivity contribution in [3.05, 3.63) is 29.3 Å². The summed E-state index contributed by atoms with van der Waals surface area (Å²) in [5, 5.41) is 2.70.